The summed E-state index contributed by atoms with van der Waals surface area (Å²) in [5, 5.41) is 0.734. The molecule has 7 heteroatoms. The van der Waals surface area contributed by atoms with E-state index in [0.717, 1.165) is 20.7 Å². The minimum atomic E-state index is -3.44. The molecule has 0 unspecified atom stereocenters. The first-order valence-corrected chi connectivity index (χ1v) is 10.3. The van der Waals surface area contributed by atoms with Gasteiger partial charge in [0.2, 0.25) is 10.0 Å². The van der Waals surface area contributed by atoms with Crippen molar-refractivity contribution in [3.05, 3.63) is 57.5 Å². The summed E-state index contributed by atoms with van der Waals surface area (Å²) in [5.74, 6) is 0. The quantitative estimate of drug-likeness (QED) is 0.742. The van der Waals surface area contributed by atoms with Crippen molar-refractivity contribution in [1.29, 1.82) is 0 Å². The van der Waals surface area contributed by atoms with E-state index < -0.39 is 10.0 Å². The lowest BCUT2D eigenvalue weighted by atomic mass is 10.1. The number of sulfonamides is 1. The van der Waals surface area contributed by atoms with Crippen LogP contribution in [0.15, 0.2) is 51.8 Å². The van der Waals surface area contributed by atoms with Crippen molar-refractivity contribution in [2.45, 2.75) is 11.8 Å². The molecule has 1 heterocycles. The second kappa shape index (κ2) is 7.04. The van der Waals surface area contributed by atoms with Gasteiger partial charge in [-0.3, -0.25) is 0 Å². The molecule has 2 aromatic rings. The Kier molecular flexibility index (Phi) is 5.20. The molecule has 1 aliphatic rings. The number of nitrogens with zero attached hydrogens (tertiary/aromatic N) is 2. The van der Waals surface area contributed by atoms with E-state index in [0.29, 0.717) is 31.1 Å². The van der Waals surface area contributed by atoms with E-state index in [9.17, 15) is 8.42 Å². The van der Waals surface area contributed by atoms with E-state index in [1.54, 1.807) is 28.6 Å². The van der Waals surface area contributed by atoms with Crippen LogP contribution >= 0.6 is 27.5 Å². The van der Waals surface area contributed by atoms with Gasteiger partial charge in [-0.15, -0.1) is 0 Å². The van der Waals surface area contributed by atoms with E-state index in [4.69, 9.17) is 11.6 Å². The molecule has 0 saturated carbocycles. The molecular weight excluding hydrogens is 412 g/mol. The highest BCUT2D eigenvalue weighted by molar-refractivity contribution is 9.10. The van der Waals surface area contributed by atoms with Crippen LogP contribution in [-0.2, 0) is 10.0 Å². The van der Waals surface area contributed by atoms with Crippen LogP contribution in [0.2, 0.25) is 5.02 Å². The Bertz CT molecular complexity index is 832. The SMILES string of the molecule is Cc1c(Cl)cccc1N1CCN(S(=O)(=O)c2ccc(Br)cc2)CC1. The van der Waals surface area contributed by atoms with Crippen LogP contribution in [0.1, 0.15) is 5.56 Å². The lowest BCUT2D eigenvalue weighted by Gasteiger charge is -2.36. The van der Waals surface area contributed by atoms with Gasteiger partial charge in [-0.1, -0.05) is 33.6 Å². The average Bonchev–Trinajstić information content (AvgIpc) is 2.58. The van der Waals surface area contributed by atoms with Crippen molar-refractivity contribution in [2.75, 3.05) is 31.1 Å². The van der Waals surface area contributed by atoms with Gasteiger partial charge < -0.3 is 4.90 Å². The van der Waals surface area contributed by atoms with Gasteiger partial charge in [0.25, 0.3) is 0 Å². The van der Waals surface area contributed by atoms with Crippen molar-refractivity contribution in [1.82, 2.24) is 4.31 Å². The van der Waals surface area contributed by atoms with Crippen LogP contribution < -0.4 is 4.90 Å². The van der Waals surface area contributed by atoms with Gasteiger partial charge in [-0.2, -0.15) is 4.31 Å². The Labute approximate surface area is 156 Å². The summed E-state index contributed by atoms with van der Waals surface area (Å²) < 4.78 is 27.9. The molecule has 0 aromatic heterocycles. The number of hydrogen-bond donors (Lipinski definition) is 0. The molecule has 0 amide bonds. The Morgan fingerprint density at radius 2 is 1.62 bits per heavy atom. The third kappa shape index (κ3) is 3.47. The molecule has 0 aliphatic carbocycles. The van der Waals surface area contributed by atoms with Gasteiger partial charge in [-0.25, -0.2) is 8.42 Å². The van der Waals surface area contributed by atoms with Crippen LogP contribution in [0.5, 0.6) is 0 Å². The number of rotatable bonds is 3. The van der Waals surface area contributed by atoms with Crippen molar-refractivity contribution >= 4 is 43.2 Å². The van der Waals surface area contributed by atoms with Gasteiger partial charge >= 0.3 is 0 Å². The van der Waals surface area contributed by atoms with Crippen LogP contribution in [0.3, 0.4) is 0 Å². The first kappa shape index (κ1) is 17.7. The van der Waals surface area contributed by atoms with Crippen molar-refractivity contribution < 1.29 is 8.42 Å². The molecule has 1 fully saturated rings. The van der Waals surface area contributed by atoms with E-state index >= 15 is 0 Å². The molecule has 128 valence electrons. The van der Waals surface area contributed by atoms with E-state index in [2.05, 4.69) is 20.8 Å². The molecule has 4 nitrogen and oxygen atoms in total. The van der Waals surface area contributed by atoms with Gasteiger partial charge in [-0.05, 0) is 48.9 Å². The fourth-order valence-corrected chi connectivity index (χ4v) is 4.72. The highest BCUT2D eigenvalue weighted by Gasteiger charge is 2.29. The second-order valence-corrected chi connectivity index (χ2v) is 8.99. The lowest BCUT2D eigenvalue weighted by Crippen LogP contribution is -2.48. The lowest BCUT2D eigenvalue weighted by molar-refractivity contribution is 0.385. The zero-order chi connectivity index (χ0) is 17.3. The molecule has 1 aliphatic heterocycles. The summed E-state index contributed by atoms with van der Waals surface area (Å²) >= 11 is 9.52. The summed E-state index contributed by atoms with van der Waals surface area (Å²) in [6, 6.07) is 12.6. The molecule has 0 bridgehead atoms. The minimum Gasteiger partial charge on any atom is -0.369 e. The molecule has 2 aromatic carbocycles. The van der Waals surface area contributed by atoms with Gasteiger partial charge in [0.05, 0.1) is 4.90 Å². The Balaban J connectivity index is 1.75. The first-order chi connectivity index (χ1) is 11.4. The van der Waals surface area contributed by atoms with Gasteiger partial charge in [0, 0.05) is 41.4 Å². The number of hydrogen-bond acceptors (Lipinski definition) is 3. The molecule has 0 spiro atoms. The highest BCUT2D eigenvalue weighted by Crippen LogP contribution is 2.28. The summed E-state index contributed by atoms with van der Waals surface area (Å²) in [6.45, 7) is 4.21. The van der Waals surface area contributed by atoms with Crippen molar-refractivity contribution in [3.63, 3.8) is 0 Å². The summed E-state index contributed by atoms with van der Waals surface area (Å²) in [4.78, 5) is 2.52. The van der Waals surface area contributed by atoms with Crippen molar-refractivity contribution in [3.8, 4) is 0 Å². The summed E-state index contributed by atoms with van der Waals surface area (Å²) in [6.07, 6.45) is 0. The van der Waals surface area contributed by atoms with E-state index in [1.807, 2.05) is 25.1 Å². The normalized spacial score (nSPS) is 16.4. The van der Waals surface area contributed by atoms with Crippen LogP contribution in [-0.4, -0.2) is 38.9 Å². The summed E-state index contributed by atoms with van der Waals surface area (Å²) in [5.41, 5.74) is 2.10. The smallest absolute Gasteiger partial charge is 0.243 e. The summed E-state index contributed by atoms with van der Waals surface area (Å²) in [7, 11) is -3.44. The fraction of sp³-hybridized carbons (Fsp3) is 0.294. The Morgan fingerprint density at radius 1 is 1.00 bits per heavy atom. The number of halogens is 2. The zero-order valence-corrected chi connectivity index (χ0v) is 16.4. The van der Waals surface area contributed by atoms with Crippen molar-refractivity contribution in [2.24, 2.45) is 0 Å². The van der Waals surface area contributed by atoms with Crippen LogP contribution in [0.25, 0.3) is 0 Å². The third-order valence-corrected chi connectivity index (χ3v) is 7.12. The average molecular weight is 430 g/mol. The maximum Gasteiger partial charge on any atom is 0.243 e. The van der Waals surface area contributed by atoms with Crippen LogP contribution in [0, 0.1) is 6.92 Å². The number of piperazine rings is 1. The van der Waals surface area contributed by atoms with Crippen LogP contribution in [0.4, 0.5) is 5.69 Å². The van der Waals surface area contributed by atoms with E-state index in [1.165, 1.54) is 0 Å². The predicted molar refractivity (Wildman–Crippen MR) is 101 cm³/mol. The molecule has 3 rings (SSSR count). The first-order valence-electron chi connectivity index (χ1n) is 7.65. The topological polar surface area (TPSA) is 40.6 Å². The zero-order valence-electron chi connectivity index (χ0n) is 13.2. The maximum absolute atomic E-state index is 12.7. The third-order valence-electron chi connectivity index (χ3n) is 4.27. The largest absolute Gasteiger partial charge is 0.369 e. The molecule has 0 radical (unpaired) electrons. The highest BCUT2D eigenvalue weighted by atomic mass is 79.9. The fourth-order valence-electron chi connectivity index (χ4n) is 2.86. The van der Waals surface area contributed by atoms with Gasteiger partial charge in [0.1, 0.15) is 0 Å². The Morgan fingerprint density at radius 3 is 2.25 bits per heavy atom. The molecular formula is C17H18BrClN2O2S. The second-order valence-electron chi connectivity index (χ2n) is 5.73. The van der Waals surface area contributed by atoms with Gasteiger partial charge in [0.15, 0.2) is 0 Å². The monoisotopic (exact) mass is 428 g/mol. The minimum absolute atomic E-state index is 0.332. The molecule has 0 N–H and O–H groups in total. The standard InChI is InChI=1S/C17H18BrClN2O2S/c1-13-16(19)3-2-4-17(13)20-9-11-21(12-10-20)24(22,23)15-7-5-14(18)6-8-15/h2-8H,9-12H2,1H3. The maximum atomic E-state index is 12.7. The van der Waals surface area contributed by atoms with E-state index in [-0.39, 0.29) is 0 Å². The molecule has 24 heavy (non-hydrogen) atoms. The molecule has 1 saturated heterocycles. The number of anilines is 1. The Hall–Kier alpha value is -1.08. The molecule has 0 atom stereocenters. The number of benzene rings is 2. The predicted octanol–water partition coefficient (Wildman–Crippen LogP) is 3.92.